The molecule has 43 heavy (non-hydrogen) atoms. The molecule has 0 bridgehead atoms. The molecule has 0 saturated carbocycles. The molecule has 13 heteroatoms. The molecule has 1 aliphatic rings. The summed E-state index contributed by atoms with van der Waals surface area (Å²) in [6.45, 7) is 2.21. The minimum atomic E-state index is -4.57. The number of methoxy groups -OCH3 is 2. The Hall–Kier alpha value is -5.04. The molecule has 1 aromatic heterocycles. The molecule has 10 nitrogen and oxygen atoms in total. The lowest BCUT2D eigenvalue weighted by atomic mass is 9.68. The molecule has 1 atom stereocenters. The lowest BCUT2D eigenvalue weighted by molar-refractivity contribution is -0.234. The summed E-state index contributed by atoms with van der Waals surface area (Å²) in [5.74, 6) is 1.65. The van der Waals surface area contributed by atoms with E-state index in [0.717, 1.165) is 13.8 Å². The number of alkyl halides is 3. The first-order valence-corrected chi connectivity index (χ1v) is 13.1. The SMILES string of the molecule is COc1cc2ncnc(Oc3cccc(NC(=O)NC4=CC(c5ccccc5)(C(C)(C)C(F)(F)F)NN4)c3)c2cc1OC. The summed E-state index contributed by atoms with van der Waals surface area (Å²) in [5, 5.41) is 5.82. The number of urea groups is 1. The number of hydrazine groups is 1. The van der Waals surface area contributed by atoms with Crippen molar-refractivity contribution in [3.8, 4) is 23.1 Å². The Morgan fingerprint density at radius 1 is 0.907 bits per heavy atom. The predicted molar refractivity (Wildman–Crippen MR) is 154 cm³/mol. The average molecular weight is 595 g/mol. The summed E-state index contributed by atoms with van der Waals surface area (Å²) >= 11 is 0. The highest BCUT2D eigenvalue weighted by atomic mass is 19.4. The van der Waals surface area contributed by atoms with Gasteiger partial charge >= 0.3 is 12.2 Å². The van der Waals surface area contributed by atoms with Gasteiger partial charge in [-0.2, -0.15) is 13.2 Å². The molecule has 2 amide bonds. The smallest absolute Gasteiger partial charge is 0.396 e. The maximum absolute atomic E-state index is 14.2. The van der Waals surface area contributed by atoms with Crippen molar-refractivity contribution in [1.29, 1.82) is 0 Å². The van der Waals surface area contributed by atoms with Gasteiger partial charge in [-0.1, -0.05) is 36.4 Å². The molecule has 1 unspecified atom stereocenters. The van der Waals surface area contributed by atoms with E-state index in [-0.39, 0.29) is 11.7 Å². The van der Waals surface area contributed by atoms with Crippen LogP contribution in [0.5, 0.6) is 23.1 Å². The zero-order valence-electron chi connectivity index (χ0n) is 23.7. The fourth-order valence-electron chi connectivity index (χ4n) is 4.77. The van der Waals surface area contributed by atoms with Gasteiger partial charge in [0, 0.05) is 17.8 Å². The number of carbonyl (C=O) groups is 1. The second-order valence-electron chi connectivity index (χ2n) is 10.2. The van der Waals surface area contributed by atoms with Crippen LogP contribution in [0, 0.1) is 5.41 Å². The van der Waals surface area contributed by atoms with Gasteiger partial charge in [0.05, 0.1) is 36.1 Å². The number of carbonyl (C=O) groups excluding carboxylic acids is 1. The van der Waals surface area contributed by atoms with Gasteiger partial charge in [0.15, 0.2) is 11.5 Å². The Labute approximate surface area is 245 Å². The van der Waals surface area contributed by atoms with Gasteiger partial charge in [-0.05, 0) is 43.7 Å². The van der Waals surface area contributed by atoms with Crippen molar-refractivity contribution in [2.24, 2.45) is 5.41 Å². The molecule has 0 spiro atoms. The number of nitrogens with zero attached hydrogens (tertiary/aromatic N) is 2. The third kappa shape index (κ3) is 5.58. The molecule has 0 saturated heterocycles. The number of halogens is 3. The summed E-state index contributed by atoms with van der Waals surface area (Å²) in [5.41, 5.74) is 2.83. The summed E-state index contributed by atoms with van der Waals surface area (Å²) in [6.07, 6.45) is -1.89. The van der Waals surface area contributed by atoms with Gasteiger partial charge < -0.3 is 25.0 Å². The lowest BCUT2D eigenvalue weighted by Gasteiger charge is -2.43. The van der Waals surface area contributed by atoms with Crippen LogP contribution in [-0.2, 0) is 5.54 Å². The van der Waals surface area contributed by atoms with Crippen LogP contribution in [-0.4, -0.2) is 36.4 Å². The largest absolute Gasteiger partial charge is 0.493 e. The normalized spacial score (nSPS) is 16.7. The Morgan fingerprint density at radius 2 is 1.63 bits per heavy atom. The molecule has 224 valence electrons. The minimum absolute atomic E-state index is 0.0583. The number of benzene rings is 3. The van der Waals surface area contributed by atoms with Crippen molar-refractivity contribution in [3.05, 3.63) is 90.5 Å². The zero-order valence-corrected chi connectivity index (χ0v) is 23.7. The van der Waals surface area contributed by atoms with Crippen LogP contribution in [0.1, 0.15) is 19.4 Å². The van der Waals surface area contributed by atoms with E-state index >= 15 is 0 Å². The van der Waals surface area contributed by atoms with Crippen LogP contribution in [0.25, 0.3) is 10.9 Å². The maximum Gasteiger partial charge on any atom is 0.396 e. The number of anilines is 1. The van der Waals surface area contributed by atoms with Gasteiger partial charge in [-0.25, -0.2) is 20.2 Å². The van der Waals surface area contributed by atoms with Crippen LogP contribution >= 0.6 is 0 Å². The third-order valence-corrected chi connectivity index (χ3v) is 7.34. The van der Waals surface area contributed by atoms with Crippen molar-refractivity contribution < 1.29 is 32.2 Å². The van der Waals surface area contributed by atoms with Crippen molar-refractivity contribution in [2.75, 3.05) is 19.5 Å². The molecule has 1 aliphatic heterocycles. The van der Waals surface area contributed by atoms with Gasteiger partial charge in [0.25, 0.3) is 0 Å². The highest BCUT2D eigenvalue weighted by molar-refractivity contribution is 5.91. The summed E-state index contributed by atoms with van der Waals surface area (Å²) in [4.78, 5) is 21.4. The Balaban J connectivity index is 1.35. The second-order valence-corrected chi connectivity index (χ2v) is 10.2. The van der Waals surface area contributed by atoms with E-state index in [9.17, 15) is 18.0 Å². The molecule has 4 aromatic rings. The summed E-state index contributed by atoms with van der Waals surface area (Å²) in [6, 6.07) is 17.5. The van der Waals surface area contributed by atoms with Crippen molar-refractivity contribution in [1.82, 2.24) is 26.1 Å². The lowest BCUT2D eigenvalue weighted by Crippen LogP contribution is -2.58. The molecule has 0 radical (unpaired) electrons. The van der Waals surface area contributed by atoms with E-state index in [1.54, 1.807) is 66.7 Å². The molecule has 5 rings (SSSR count). The quantitative estimate of drug-likeness (QED) is 0.196. The fourth-order valence-corrected chi connectivity index (χ4v) is 4.77. The Kier molecular flexibility index (Phi) is 7.76. The van der Waals surface area contributed by atoms with E-state index < -0.39 is 23.2 Å². The number of fused-ring (bicyclic) bond motifs is 1. The topological polar surface area (TPSA) is 119 Å². The van der Waals surface area contributed by atoms with Gasteiger partial charge in [0.2, 0.25) is 5.88 Å². The highest BCUT2D eigenvalue weighted by Gasteiger charge is 2.62. The zero-order chi connectivity index (χ0) is 30.8. The number of rotatable bonds is 8. The first-order valence-electron chi connectivity index (χ1n) is 13.1. The number of hydrogen-bond donors (Lipinski definition) is 4. The van der Waals surface area contributed by atoms with Crippen molar-refractivity contribution in [3.63, 3.8) is 0 Å². The van der Waals surface area contributed by atoms with Crippen molar-refractivity contribution in [2.45, 2.75) is 25.6 Å². The van der Waals surface area contributed by atoms with Gasteiger partial charge in [-0.15, -0.1) is 0 Å². The van der Waals surface area contributed by atoms with Crippen LogP contribution in [0.2, 0.25) is 0 Å². The fraction of sp³-hybridized carbons (Fsp3) is 0.233. The van der Waals surface area contributed by atoms with E-state index in [0.29, 0.717) is 39.4 Å². The van der Waals surface area contributed by atoms with Gasteiger partial charge in [0.1, 0.15) is 17.9 Å². The number of amides is 2. The molecule has 4 N–H and O–H groups in total. The maximum atomic E-state index is 14.2. The summed E-state index contributed by atoms with van der Waals surface area (Å²) < 4.78 is 59.4. The summed E-state index contributed by atoms with van der Waals surface area (Å²) in [7, 11) is 3.04. The second kappa shape index (κ2) is 11.3. The molecule has 0 fully saturated rings. The molecule has 3 aromatic carbocycles. The van der Waals surface area contributed by atoms with E-state index in [2.05, 4.69) is 31.5 Å². The first-order chi connectivity index (χ1) is 20.5. The van der Waals surface area contributed by atoms with Crippen LogP contribution in [0.3, 0.4) is 0 Å². The average Bonchev–Trinajstić information content (AvgIpc) is 3.42. The highest BCUT2D eigenvalue weighted by Crippen LogP contribution is 2.52. The van der Waals surface area contributed by atoms with Gasteiger partial charge in [-0.3, -0.25) is 5.32 Å². The number of ether oxygens (including phenoxy) is 3. The van der Waals surface area contributed by atoms with Crippen LogP contribution in [0.15, 0.2) is 85.0 Å². The van der Waals surface area contributed by atoms with Crippen molar-refractivity contribution >= 4 is 22.6 Å². The van der Waals surface area contributed by atoms with E-state index in [1.807, 2.05) is 0 Å². The minimum Gasteiger partial charge on any atom is -0.493 e. The third-order valence-electron chi connectivity index (χ3n) is 7.34. The van der Waals surface area contributed by atoms with Crippen LogP contribution < -0.4 is 35.7 Å². The number of aromatic nitrogens is 2. The number of hydrogen-bond acceptors (Lipinski definition) is 8. The van der Waals surface area contributed by atoms with E-state index in [4.69, 9.17) is 14.2 Å². The number of nitrogens with one attached hydrogen (secondary N) is 4. The van der Waals surface area contributed by atoms with Crippen LogP contribution in [0.4, 0.5) is 23.7 Å². The standard InChI is InChI=1S/C30H29F3N6O4/c1-28(2,30(31,32)33)29(18-9-6-5-7-10-18)16-25(38-39-29)37-27(40)36-19-11-8-12-20(13-19)43-26-21-14-23(41-3)24(42-4)15-22(21)34-17-35-26/h5-17,38-39H,1-4H3,(H2,36,37,40). The Morgan fingerprint density at radius 3 is 2.33 bits per heavy atom. The molecule has 2 heterocycles. The molecule has 0 aliphatic carbocycles. The first kappa shape index (κ1) is 29.5. The van der Waals surface area contributed by atoms with E-state index in [1.165, 1.54) is 26.6 Å². The molecular formula is C30H29F3N6O4. The monoisotopic (exact) mass is 594 g/mol. The predicted octanol–water partition coefficient (Wildman–Crippen LogP) is 5.99. The molecular weight excluding hydrogens is 565 g/mol. The Bertz CT molecular complexity index is 1680.